The third-order valence-electron chi connectivity index (χ3n) is 3.94. The lowest BCUT2D eigenvalue weighted by Crippen LogP contribution is -2.50. The predicted molar refractivity (Wildman–Crippen MR) is 85.6 cm³/mol. The van der Waals surface area contributed by atoms with Crippen molar-refractivity contribution in [2.24, 2.45) is 5.73 Å². The molecule has 1 heterocycles. The third-order valence-corrected chi connectivity index (χ3v) is 4.28. The monoisotopic (exact) mass is 324 g/mol. The van der Waals surface area contributed by atoms with Gasteiger partial charge >= 0.3 is 6.03 Å². The van der Waals surface area contributed by atoms with E-state index in [0.717, 1.165) is 36.8 Å². The van der Waals surface area contributed by atoms with Crippen molar-refractivity contribution in [2.45, 2.75) is 13.0 Å². The van der Waals surface area contributed by atoms with Gasteiger partial charge in [0.2, 0.25) is 5.91 Å². The van der Waals surface area contributed by atoms with Gasteiger partial charge in [0.15, 0.2) is 0 Å². The number of urea groups is 1. The Bertz CT molecular complexity index is 544. The summed E-state index contributed by atoms with van der Waals surface area (Å²) in [4.78, 5) is 26.5. The van der Waals surface area contributed by atoms with E-state index in [9.17, 15) is 9.59 Å². The Hall–Kier alpha value is -1.63. The Labute approximate surface area is 135 Å². The minimum atomic E-state index is -0.809. The van der Waals surface area contributed by atoms with Gasteiger partial charge in [0.05, 0.1) is 6.54 Å². The summed E-state index contributed by atoms with van der Waals surface area (Å²) < 4.78 is 0. The fourth-order valence-corrected chi connectivity index (χ4v) is 2.99. The first-order chi connectivity index (χ1) is 10.5. The summed E-state index contributed by atoms with van der Waals surface area (Å²) in [6.45, 7) is 5.54. The molecule has 1 aliphatic rings. The highest BCUT2D eigenvalue weighted by atomic mass is 35.5. The van der Waals surface area contributed by atoms with E-state index in [1.165, 1.54) is 0 Å². The number of piperazine rings is 1. The number of nitrogens with zero attached hydrogens (tertiary/aromatic N) is 2. The molecule has 0 aromatic heterocycles. The van der Waals surface area contributed by atoms with Crippen LogP contribution in [0.15, 0.2) is 24.3 Å². The SMILES string of the molecule is CC(c1ccccc1Cl)N1CCN(CC(=O)NC(N)=O)CC1. The van der Waals surface area contributed by atoms with Gasteiger partial charge in [-0.15, -0.1) is 0 Å². The Morgan fingerprint density at radius 1 is 1.27 bits per heavy atom. The maximum atomic E-state index is 11.5. The van der Waals surface area contributed by atoms with Crippen LogP contribution in [0.5, 0.6) is 0 Å². The molecule has 1 aliphatic heterocycles. The molecule has 1 saturated heterocycles. The van der Waals surface area contributed by atoms with Gasteiger partial charge in [-0.1, -0.05) is 29.8 Å². The van der Waals surface area contributed by atoms with Gasteiger partial charge in [0.25, 0.3) is 0 Å². The number of carbonyl (C=O) groups is 2. The molecule has 0 saturated carbocycles. The van der Waals surface area contributed by atoms with E-state index in [0.29, 0.717) is 0 Å². The van der Waals surface area contributed by atoms with Crippen LogP contribution in [0.1, 0.15) is 18.5 Å². The highest BCUT2D eigenvalue weighted by molar-refractivity contribution is 6.31. The molecule has 3 N–H and O–H groups in total. The number of imide groups is 1. The van der Waals surface area contributed by atoms with Crippen molar-refractivity contribution in [1.82, 2.24) is 15.1 Å². The van der Waals surface area contributed by atoms with E-state index >= 15 is 0 Å². The third kappa shape index (κ3) is 4.43. The second kappa shape index (κ2) is 7.58. The molecular weight excluding hydrogens is 304 g/mol. The van der Waals surface area contributed by atoms with E-state index in [4.69, 9.17) is 17.3 Å². The van der Waals surface area contributed by atoms with E-state index in [-0.39, 0.29) is 18.5 Å². The van der Waals surface area contributed by atoms with Crippen LogP contribution in [0.2, 0.25) is 5.02 Å². The number of amides is 3. The zero-order valence-electron chi connectivity index (χ0n) is 12.6. The first kappa shape index (κ1) is 16.7. The van der Waals surface area contributed by atoms with Crippen LogP contribution in [0.4, 0.5) is 4.79 Å². The Balaban J connectivity index is 1.85. The van der Waals surface area contributed by atoms with Crippen LogP contribution >= 0.6 is 11.6 Å². The van der Waals surface area contributed by atoms with Crippen molar-refractivity contribution >= 4 is 23.5 Å². The Morgan fingerprint density at radius 3 is 2.50 bits per heavy atom. The molecular formula is C15H21ClN4O2. The van der Waals surface area contributed by atoms with Crippen molar-refractivity contribution in [1.29, 1.82) is 0 Å². The number of nitrogens with one attached hydrogen (secondary N) is 1. The predicted octanol–water partition coefficient (Wildman–Crippen LogP) is 1.21. The highest BCUT2D eigenvalue weighted by Gasteiger charge is 2.24. The fourth-order valence-electron chi connectivity index (χ4n) is 2.70. The molecule has 1 atom stereocenters. The van der Waals surface area contributed by atoms with Gasteiger partial charge in [-0.3, -0.25) is 19.9 Å². The number of hydrogen-bond acceptors (Lipinski definition) is 4. The molecule has 0 spiro atoms. The van der Waals surface area contributed by atoms with Crippen molar-refractivity contribution in [3.63, 3.8) is 0 Å². The number of nitrogens with two attached hydrogens (primary N) is 1. The highest BCUT2D eigenvalue weighted by Crippen LogP contribution is 2.27. The summed E-state index contributed by atoms with van der Waals surface area (Å²) in [5.74, 6) is -0.361. The lowest BCUT2D eigenvalue weighted by Gasteiger charge is -2.38. The second-order valence-corrected chi connectivity index (χ2v) is 5.83. The minimum Gasteiger partial charge on any atom is -0.351 e. The van der Waals surface area contributed by atoms with Gasteiger partial charge < -0.3 is 5.73 Å². The quantitative estimate of drug-likeness (QED) is 0.872. The van der Waals surface area contributed by atoms with E-state index in [1.54, 1.807) is 0 Å². The molecule has 7 heteroatoms. The number of halogens is 1. The maximum absolute atomic E-state index is 11.5. The molecule has 1 aromatic rings. The topological polar surface area (TPSA) is 78.7 Å². The summed E-state index contributed by atoms with van der Waals surface area (Å²) >= 11 is 6.25. The molecule has 3 amide bonds. The van der Waals surface area contributed by atoms with Crippen LogP contribution in [0.3, 0.4) is 0 Å². The Kier molecular flexibility index (Phi) is 5.76. The van der Waals surface area contributed by atoms with Crippen molar-refractivity contribution < 1.29 is 9.59 Å². The molecule has 1 aromatic carbocycles. The number of rotatable bonds is 4. The molecule has 1 fully saturated rings. The first-order valence-corrected chi connectivity index (χ1v) is 7.65. The summed E-state index contributed by atoms with van der Waals surface area (Å²) in [5, 5.41) is 2.86. The smallest absolute Gasteiger partial charge is 0.318 e. The zero-order chi connectivity index (χ0) is 16.1. The largest absolute Gasteiger partial charge is 0.351 e. The Morgan fingerprint density at radius 2 is 1.91 bits per heavy atom. The lowest BCUT2D eigenvalue weighted by atomic mass is 10.1. The van der Waals surface area contributed by atoms with E-state index in [2.05, 4.69) is 17.1 Å². The first-order valence-electron chi connectivity index (χ1n) is 7.27. The average Bonchev–Trinajstić information content (AvgIpc) is 2.47. The molecule has 0 bridgehead atoms. The molecule has 6 nitrogen and oxygen atoms in total. The average molecular weight is 325 g/mol. The van der Waals surface area contributed by atoms with Crippen molar-refractivity contribution in [2.75, 3.05) is 32.7 Å². The molecule has 2 rings (SSSR count). The summed E-state index contributed by atoms with van der Waals surface area (Å²) in [7, 11) is 0. The molecule has 1 unspecified atom stereocenters. The van der Waals surface area contributed by atoms with E-state index < -0.39 is 6.03 Å². The zero-order valence-corrected chi connectivity index (χ0v) is 13.3. The van der Waals surface area contributed by atoms with Crippen molar-refractivity contribution in [3.05, 3.63) is 34.9 Å². The van der Waals surface area contributed by atoms with Gasteiger partial charge in [0, 0.05) is 37.2 Å². The summed E-state index contributed by atoms with van der Waals surface area (Å²) in [6, 6.07) is 7.28. The van der Waals surface area contributed by atoms with Crippen LogP contribution in [0, 0.1) is 0 Å². The molecule has 0 aliphatic carbocycles. The normalized spacial score (nSPS) is 17.9. The van der Waals surface area contributed by atoms with Crippen LogP contribution in [-0.4, -0.2) is 54.5 Å². The lowest BCUT2D eigenvalue weighted by molar-refractivity contribution is -0.121. The van der Waals surface area contributed by atoms with Gasteiger partial charge in [0.1, 0.15) is 0 Å². The standard InChI is InChI=1S/C15H21ClN4O2/c1-11(12-4-2-3-5-13(12)16)20-8-6-19(7-9-20)10-14(21)18-15(17)22/h2-5,11H,6-10H2,1H3,(H3,17,18,21,22). The number of carbonyl (C=O) groups excluding carboxylic acids is 2. The number of hydrogen-bond donors (Lipinski definition) is 2. The fraction of sp³-hybridized carbons (Fsp3) is 0.467. The summed E-state index contributed by atoms with van der Waals surface area (Å²) in [5.41, 5.74) is 6.04. The minimum absolute atomic E-state index is 0.192. The van der Waals surface area contributed by atoms with Crippen LogP contribution < -0.4 is 11.1 Å². The molecule has 120 valence electrons. The molecule has 0 radical (unpaired) electrons. The van der Waals surface area contributed by atoms with Gasteiger partial charge in [-0.25, -0.2) is 4.79 Å². The van der Waals surface area contributed by atoms with Crippen molar-refractivity contribution in [3.8, 4) is 0 Å². The number of primary amides is 1. The van der Waals surface area contributed by atoms with Gasteiger partial charge in [-0.2, -0.15) is 0 Å². The second-order valence-electron chi connectivity index (χ2n) is 5.42. The van der Waals surface area contributed by atoms with Crippen LogP contribution in [0.25, 0.3) is 0 Å². The van der Waals surface area contributed by atoms with Crippen LogP contribution in [-0.2, 0) is 4.79 Å². The van der Waals surface area contributed by atoms with E-state index in [1.807, 2.05) is 29.2 Å². The summed E-state index contributed by atoms with van der Waals surface area (Å²) in [6.07, 6.45) is 0. The number of benzene rings is 1. The molecule has 22 heavy (non-hydrogen) atoms. The van der Waals surface area contributed by atoms with Gasteiger partial charge in [-0.05, 0) is 18.6 Å². The maximum Gasteiger partial charge on any atom is 0.318 e.